The summed E-state index contributed by atoms with van der Waals surface area (Å²) in [6, 6.07) is 20.3. The molecule has 1 aliphatic rings. The number of anilines is 2. The van der Waals surface area contributed by atoms with Crippen molar-refractivity contribution < 1.29 is 23.9 Å². The van der Waals surface area contributed by atoms with Gasteiger partial charge in [0.1, 0.15) is 18.3 Å². The van der Waals surface area contributed by atoms with Crippen molar-refractivity contribution in [3.8, 4) is 5.75 Å². The van der Waals surface area contributed by atoms with Crippen LogP contribution in [-0.2, 0) is 20.9 Å². The Labute approximate surface area is 215 Å². The summed E-state index contributed by atoms with van der Waals surface area (Å²) in [7, 11) is 1.56. The Kier molecular flexibility index (Phi) is 7.67. The Morgan fingerprint density at radius 1 is 0.973 bits per heavy atom. The summed E-state index contributed by atoms with van der Waals surface area (Å²) in [6.07, 6.45) is 0.350. The largest absolute Gasteiger partial charge is 0.497 e. The number of methoxy groups -OCH3 is 1. The summed E-state index contributed by atoms with van der Waals surface area (Å²) >= 11 is 0. The maximum absolute atomic E-state index is 13.7. The van der Waals surface area contributed by atoms with Gasteiger partial charge in [-0.1, -0.05) is 43.3 Å². The van der Waals surface area contributed by atoms with Gasteiger partial charge in [-0.05, 0) is 60.9 Å². The smallest absolute Gasteiger partial charge is 0.299 e. The van der Waals surface area contributed by atoms with Gasteiger partial charge < -0.3 is 15.0 Å². The summed E-state index contributed by atoms with van der Waals surface area (Å²) in [4.78, 5) is 55.0. The van der Waals surface area contributed by atoms with Gasteiger partial charge in [-0.15, -0.1) is 0 Å². The van der Waals surface area contributed by atoms with Crippen LogP contribution in [0.1, 0.15) is 34.8 Å². The van der Waals surface area contributed by atoms with E-state index in [1.807, 2.05) is 38.1 Å². The molecule has 0 unspecified atom stereocenters. The number of carbonyl (C=O) groups excluding carboxylic acids is 4. The fourth-order valence-corrected chi connectivity index (χ4v) is 4.42. The third-order valence-electron chi connectivity index (χ3n) is 6.52. The monoisotopic (exact) mass is 499 g/mol. The molecule has 0 bridgehead atoms. The average Bonchev–Trinajstić information content (AvgIpc) is 3.15. The van der Waals surface area contributed by atoms with Crippen molar-refractivity contribution in [2.24, 2.45) is 0 Å². The van der Waals surface area contributed by atoms with Crippen LogP contribution in [0.5, 0.6) is 5.75 Å². The number of aryl methyl sites for hydroxylation is 1. The number of benzene rings is 3. The number of hydrogen-bond acceptors (Lipinski definition) is 5. The Balaban J connectivity index is 1.62. The molecule has 1 aliphatic heterocycles. The van der Waals surface area contributed by atoms with E-state index < -0.39 is 23.6 Å². The van der Waals surface area contributed by atoms with Gasteiger partial charge in [-0.25, -0.2) is 0 Å². The highest BCUT2D eigenvalue weighted by molar-refractivity contribution is 6.52. The summed E-state index contributed by atoms with van der Waals surface area (Å²) < 4.78 is 5.17. The number of amides is 3. The molecule has 4 rings (SSSR count). The van der Waals surface area contributed by atoms with Crippen molar-refractivity contribution in [1.29, 1.82) is 0 Å². The lowest BCUT2D eigenvalue weighted by Gasteiger charge is -2.32. The highest BCUT2D eigenvalue weighted by atomic mass is 16.5. The van der Waals surface area contributed by atoms with E-state index in [0.29, 0.717) is 23.5 Å². The number of para-hydroxylation sites is 1. The number of nitrogens with one attached hydrogen (secondary N) is 1. The second kappa shape index (κ2) is 11.1. The number of Topliss-reactive ketones (excluding diaryl/α,β-unsaturated/α-hetero) is 1. The molecule has 0 radical (unpaired) electrons. The van der Waals surface area contributed by atoms with Gasteiger partial charge in [-0.3, -0.25) is 24.1 Å². The number of ether oxygens (including phenoxy) is 1. The molecule has 1 heterocycles. The number of nitrogens with zero attached hydrogens (tertiary/aromatic N) is 2. The van der Waals surface area contributed by atoms with Crippen LogP contribution in [0.15, 0.2) is 72.8 Å². The SMILES string of the molecule is CC[C@H](C(=O)Nc1ccc(OC)cc1)N(Cc1ccccc1C)C(=O)CN1C(=O)C(=O)c2ccccc21. The van der Waals surface area contributed by atoms with E-state index in [4.69, 9.17) is 4.74 Å². The van der Waals surface area contributed by atoms with Crippen molar-refractivity contribution in [3.05, 3.63) is 89.5 Å². The van der Waals surface area contributed by atoms with Crippen molar-refractivity contribution >= 4 is 34.9 Å². The van der Waals surface area contributed by atoms with Crippen molar-refractivity contribution in [3.63, 3.8) is 0 Å². The Morgan fingerprint density at radius 3 is 2.32 bits per heavy atom. The minimum Gasteiger partial charge on any atom is -0.497 e. The molecule has 0 spiro atoms. The standard InChI is InChI=1S/C29H29N3O5/c1-4-24(28(35)30-21-13-15-22(37-3)16-14-21)31(17-20-10-6-5-9-19(20)2)26(33)18-32-25-12-8-7-11-23(25)27(34)29(32)36/h5-16,24H,4,17-18H2,1-3H3,(H,30,35)/t24-/m1/s1. The first-order chi connectivity index (χ1) is 17.8. The molecule has 37 heavy (non-hydrogen) atoms. The van der Waals surface area contributed by atoms with Gasteiger partial charge in [0.2, 0.25) is 11.8 Å². The Morgan fingerprint density at radius 2 is 1.65 bits per heavy atom. The molecule has 3 aromatic carbocycles. The van der Waals surface area contributed by atoms with E-state index in [9.17, 15) is 19.2 Å². The van der Waals surface area contributed by atoms with Crippen molar-refractivity contribution in [1.82, 2.24) is 4.90 Å². The third-order valence-corrected chi connectivity index (χ3v) is 6.52. The van der Waals surface area contributed by atoms with Gasteiger partial charge in [0.05, 0.1) is 18.4 Å². The number of fused-ring (bicyclic) bond motifs is 1. The van der Waals surface area contributed by atoms with E-state index >= 15 is 0 Å². The highest BCUT2D eigenvalue weighted by Crippen LogP contribution is 2.29. The second-order valence-electron chi connectivity index (χ2n) is 8.83. The van der Waals surface area contributed by atoms with Gasteiger partial charge in [-0.2, -0.15) is 0 Å². The molecule has 0 saturated heterocycles. The van der Waals surface area contributed by atoms with E-state index in [1.54, 1.807) is 55.6 Å². The molecule has 0 fully saturated rings. The predicted octanol–water partition coefficient (Wildman–Crippen LogP) is 3.98. The van der Waals surface area contributed by atoms with Crippen LogP contribution in [0.2, 0.25) is 0 Å². The van der Waals surface area contributed by atoms with Crippen LogP contribution < -0.4 is 15.0 Å². The van der Waals surface area contributed by atoms with Crippen molar-refractivity contribution in [2.45, 2.75) is 32.9 Å². The Hall–Kier alpha value is -4.46. The molecule has 0 saturated carbocycles. The minimum absolute atomic E-state index is 0.178. The fraction of sp³-hybridized carbons (Fsp3) is 0.241. The van der Waals surface area contributed by atoms with Crippen molar-refractivity contribution in [2.75, 3.05) is 23.9 Å². The lowest BCUT2D eigenvalue weighted by molar-refractivity contribution is -0.138. The normalized spacial score (nSPS) is 13.2. The second-order valence-corrected chi connectivity index (χ2v) is 8.83. The zero-order chi connectivity index (χ0) is 26.5. The molecule has 190 valence electrons. The molecule has 1 N–H and O–H groups in total. The molecule has 3 amide bonds. The van der Waals surface area contributed by atoms with E-state index in [0.717, 1.165) is 11.1 Å². The van der Waals surface area contributed by atoms with Crippen LogP contribution in [0.3, 0.4) is 0 Å². The highest BCUT2D eigenvalue weighted by Gasteiger charge is 2.38. The zero-order valence-electron chi connectivity index (χ0n) is 21.1. The molecular formula is C29H29N3O5. The van der Waals surface area contributed by atoms with Crippen LogP contribution in [0.25, 0.3) is 0 Å². The fourth-order valence-electron chi connectivity index (χ4n) is 4.42. The summed E-state index contributed by atoms with van der Waals surface area (Å²) in [5.41, 5.74) is 3.11. The molecule has 8 heteroatoms. The number of hydrogen-bond donors (Lipinski definition) is 1. The van der Waals surface area contributed by atoms with E-state index in [2.05, 4.69) is 5.32 Å². The summed E-state index contributed by atoms with van der Waals surface area (Å²) in [6.45, 7) is 3.60. The maximum Gasteiger partial charge on any atom is 0.299 e. The van der Waals surface area contributed by atoms with Crippen LogP contribution >= 0.6 is 0 Å². The molecule has 0 aromatic heterocycles. The maximum atomic E-state index is 13.7. The van der Waals surface area contributed by atoms with Crippen LogP contribution in [-0.4, -0.2) is 48.1 Å². The topological polar surface area (TPSA) is 96.0 Å². The first-order valence-electron chi connectivity index (χ1n) is 12.1. The van der Waals surface area contributed by atoms with E-state index in [-0.39, 0.29) is 24.6 Å². The molecule has 1 atom stereocenters. The lowest BCUT2D eigenvalue weighted by atomic mass is 10.1. The third kappa shape index (κ3) is 5.38. The number of rotatable bonds is 9. The van der Waals surface area contributed by atoms with Gasteiger partial charge in [0, 0.05) is 12.2 Å². The van der Waals surface area contributed by atoms with Gasteiger partial charge in [0.15, 0.2) is 0 Å². The molecule has 0 aliphatic carbocycles. The number of ketones is 1. The summed E-state index contributed by atoms with van der Waals surface area (Å²) in [5.74, 6) is -1.51. The number of carbonyl (C=O) groups is 4. The zero-order valence-corrected chi connectivity index (χ0v) is 21.1. The average molecular weight is 500 g/mol. The minimum atomic E-state index is -0.808. The first-order valence-corrected chi connectivity index (χ1v) is 12.1. The molecule has 3 aromatic rings. The first kappa shape index (κ1) is 25.6. The molecule has 8 nitrogen and oxygen atoms in total. The quantitative estimate of drug-likeness (QED) is 0.450. The van der Waals surface area contributed by atoms with Gasteiger partial charge >= 0.3 is 0 Å². The molecular weight excluding hydrogens is 470 g/mol. The predicted molar refractivity (Wildman–Crippen MR) is 141 cm³/mol. The van der Waals surface area contributed by atoms with Crippen LogP contribution in [0.4, 0.5) is 11.4 Å². The lowest BCUT2D eigenvalue weighted by Crippen LogP contribution is -2.50. The summed E-state index contributed by atoms with van der Waals surface area (Å²) in [5, 5.41) is 2.88. The van der Waals surface area contributed by atoms with E-state index in [1.165, 1.54) is 9.80 Å². The Bertz CT molecular complexity index is 1340. The van der Waals surface area contributed by atoms with Crippen LogP contribution in [0, 0.1) is 6.92 Å². The van der Waals surface area contributed by atoms with Gasteiger partial charge in [0.25, 0.3) is 11.7 Å².